The number of hydrogen-bond donors (Lipinski definition) is 1. The minimum atomic E-state index is 0.619. The summed E-state index contributed by atoms with van der Waals surface area (Å²) in [5, 5.41) is 0. The maximum absolute atomic E-state index is 5.83. The minimum Gasteiger partial charge on any atom is -0.399 e. The van der Waals surface area contributed by atoms with Crippen LogP contribution in [-0.2, 0) is 12.8 Å². The van der Waals surface area contributed by atoms with Crippen LogP contribution >= 0.6 is 0 Å². The zero-order valence-corrected chi connectivity index (χ0v) is 12.0. The van der Waals surface area contributed by atoms with E-state index in [4.69, 9.17) is 5.73 Å². The lowest BCUT2D eigenvalue weighted by Crippen LogP contribution is -2.30. The molecule has 0 aliphatic carbocycles. The lowest BCUT2D eigenvalue weighted by atomic mass is 10.1. The van der Waals surface area contributed by atoms with Crippen LogP contribution in [0.4, 0.5) is 11.4 Å². The van der Waals surface area contributed by atoms with E-state index in [9.17, 15) is 0 Å². The molecule has 1 heterocycles. The zero-order chi connectivity index (χ0) is 13.9. The van der Waals surface area contributed by atoms with Crippen molar-refractivity contribution in [2.45, 2.75) is 32.2 Å². The van der Waals surface area contributed by atoms with Crippen LogP contribution < -0.4 is 10.6 Å². The van der Waals surface area contributed by atoms with Gasteiger partial charge in [-0.1, -0.05) is 30.3 Å². The molecular weight excluding hydrogens is 244 g/mol. The average molecular weight is 266 g/mol. The number of para-hydroxylation sites is 1. The summed E-state index contributed by atoms with van der Waals surface area (Å²) in [5.41, 5.74) is 10.9. The molecule has 2 aromatic rings. The number of fused-ring (bicyclic) bond motifs is 1. The highest BCUT2D eigenvalue weighted by atomic mass is 15.2. The maximum Gasteiger partial charge on any atom is 0.0402 e. The first kappa shape index (κ1) is 13.0. The van der Waals surface area contributed by atoms with Gasteiger partial charge in [-0.3, -0.25) is 0 Å². The molecule has 0 radical (unpaired) electrons. The fourth-order valence-electron chi connectivity index (χ4n) is 3.17. The van der Waals surface area contributed by atoms with Gasteiger partial charge in [0.15, 0.2) is 0 Å². The SMILES string of the molecule is CC1Cc2ccccc2N1CCCc1cccc(N)c1. The van der Waals surface area contributed by atoms with Gasteiger partial charge in [-0.25, -0.2) is 0 Å². The van der Waals surface area contributed by atoms with Crippen molar-refractivity contribution in [3.05, 3.63) is 59.7 Å². The molecule has 20 heavy (non-hydrogen) atoms. The molecule has 0 aromatic heterocycles. The van der Waals surface area contributed by atoms with Gasteiger partial charge in [-0.2, -0.15) is 0 Å². The summed E-state index contributed by atoms with van der Waals surface area (Å²) in [5.74, 6) is 0. The van der Waals surface area contributed by atoms with Crippen LogP contribution in [0.15, 0.2) is 48.5 Å². The van der Waals surface area contributed by atoms with Gasteiger partial charge in [0.1, 0.15) is 0 Å². The smallest absolute Gasteiger partial charge is 0.0402 e. The van der Waals surface area contributed by atoms with Gasteiger partial charge < -0.3 is 10.6 Å². The molecular formula is C18H22N2. The third-order valence-corrected chi connectivity index (χ3v) is 4.16. The van der Waals surface area contributed by atoms with Crippen LogP contribution in [0, 0.1) is 0 Å². The summed E-state index contributed by atoms with van der Waals surface area (Å²) in [6, 6.07) is 17.6. The number of nitrogens with zero attached hydrogens (tertiary/aromatic N) is 1. The Hall–Kier alpha value is -1.96. The monoisotopic (exact) mass is 266 g/mol. The second-order valence-corrected chi connectivity index (χ2v) is 5.72. The normalized spacial score (nSPS) is 17.2. The zero-order valence-electron chi connectivity index (χ0n) is 12.0. The van der Waals surface area contributed by atoms with Crippen molar-refractivity contribution in [3.8, 4) is 0 Å². The Morgan fingerprint density at radius 3 is 2.85 bits per heavy atom. The first-order valence-corrected chi connectivity index (χ1v) is 7.43. The molecule has 3 rings (SSSR count). The Bertz CT molecular complexity index is 591. The van der Waals surface area contributed by atoms with E-state index in [1.165, 1.54) is 29.7 Å². The number of rotatable bonds is 4. The molecule has 0 bridgehead atoms. The topological polar surface area (TPSA) is 29.3 Å². The average Bonchev–Trinajstić information content (AvgIpc) is 2.75. The van der Waals surface area contributed by atoms with E-state index in [2.05, 4.69) is 48.2 Å². The maximum atomic E-state index is 5.83. The van der Waals surface area contributed by atoms with E-state index in [0.717, 1.165) is 18.7 Å². The predicted molar refractivity (Wildman–Crippen MR) is 86.1 cm³/mol. The van der Waals surface area contributed by atoms with E-state index in [1.54, 1.807) is 0 Å². The molecule has 1 aliphatic heterocycles. The van der Waals surface area contributed by atoms with E-state index in [-0.39, 0.29) is 0 Å². The Labute approximate surface area is 121 Å². The van der Waals surface area contributed by atoms with E-state index in [1.807, 2.05) is 12.1 Å². The van der Waals surface area contributed by atoms with Crippen LogP contribution in [-0.4, -0.2) is 12.6 Å². The third kappa shape index (κ3) is 2.64. The van der Waals surface area contributed by atoms with Crippen molar-refractivity contribution >= 4 is 11.4 Å². The first-order valence-electron chi connectivity index (χ1n) is 7.43. The van der Waals surface area contributed by atoms with Gasteiger partial charge in [-0.15, -0.1) is 0 Å². The Morgan fingerprint density at radius 2 is 2.00 bits per heavy atom. The Morgan fingerprint density at radius 1 is 1.15 bits per heavy atom. The predicted octanol–water partition coefficient (Wildman–Crippen LogP) is 3.65. The summed E-state index contributed by atoms with van der Waals surface area (Å²) < 4.78 is 0. The van der Waals surface area contributed by atoms with Crippen molar-refractivity contribution < 1.29 is 0 Å². The fourth-order valence-corrected chi connectivity index (χ4v) is 3.17. The largest absolute Gasteiger partial charge is 0.399 e. The molecule has 104 valence electrons. The highest BCUT2D eigenvalue weighted by Gasteiger charge is 2.24. The van der Waals surface area contributed by atoms with Crippen molar-refractivity contribution in [1.29, 1.82) is 0 Å². The molecule has 0 fully saturated rings. The summed E-state index contributed by atoms with van der Waals surface area (Å²) in [6.45, 7) is 3.44. The molecule has 1 atom stereocenters. The standard InChI is InChI=1S/C18H22N2/c1-14-12-16-8-2-3-10-18(16)20(14)11-5-7-15-6-4-9-17(19)13-15/h2-4,6,8-10,13-14H,5,7,11-12,19H2,1H3. The Balaban J connectivity index is 1.62. The van der Waals surface area contributed by atoms with Gasteiger partial charge in [0, 0.05) is 24.0 Å². The molecule has 0 spiro atoms. The number of anilines is 2. The van der Waals surface area contributed by atoms with E-state index < -0.39 is 0 Å². The quantitative estimate of drug-likeness (QED) is 0.856. The van der Waals surface area contributed by atoms with Crippen LogP contribution in [0.2, 0.25) is 0 Å². The number of hydrogen-bond acceptors (Lipinski definition) is 2. The molecule has 0 amide bonds. The van der Waals surface area contributed by atoms with Crippen LogP contribution in [0.1, 0.15) is 24.5 Å². The summed E-state index contributed by atoms with van der Waals surface area (Å²) >= 11 is 0. The second-order valence-electron chi connectivity index (χ2n) is 5.72. The van der Waals surface area contributed by atoms with E-state index >= 15 is 0 Å². The summed E-state index contributed by atoms with van der Waals surface area (Å²) in [7, 11) is 0. The van der Waals surface area contributed by atoms with Crippen LogP contribution in [0.5, 0.6) is 0 Å². The highest BCUT2D eigenvalue weighted by molar-refractivity contribution is 5.59. The molecule has 0 saturated carbocycles. The minimum absolute atomic E-state index is 0.619. The lowest BCUT2D eigenvalue weighted by Gasteiger charge is -2.24. The van der Waals surface area contributed by atoms with Gasteiger partial charge in [0.05, 0.1) is 0 Å². The van der Waals surface area contributed by atoms with Gasteiger partial charge in [0.2, 0.25) is 0 Å². The highest BCUT2D eigenvalue weighted by Crippen LogP contribution is 2.31. The fraction of sp³-hybridized carbons (Fsp3) is 0.333. The van der Waals surface area contributed by atoms with Crippen LogP contribution in [0.3, 0.4) is 0 Å². The van der Waals surface area contributed by atoms with Crippen LogP contribution in [0.25, 0.3) is 0 Å². The number of benzene rings is 2. The van der Waals surface area contributed by atoms with Gasteiger partial charge >= 0.3 is 0 Å². The number of nitrogen functional groups attached to an aromatic ring is 1. The van der Waals surface area contributed by atoms with Gasteiger partial charge in [0.25, 0.3) is 0 Å². The molecule has 1 aliphatic rings. The Kier molecular flexibility index (Phi) is 3.64. The number of aryl methyl sites for hydroxylation is 1. The van der Waals surface area contributed by atoms with Crippen molar-refractivity contribution in [3.63, 3.8) is 0 Å². The lowest BCUT2D eigenvalue weighted by molar-refractivity contribution is 0.647. The van der Waals surface area contributed by atoms with Crippen molar-refractivity contribution in [2.24, 2.45) is 0 Å². The second kappa shape index (κ2) is 5.58. The van der Waals surface area contributed by atoms with Gasteiger partial charge in [-0.05, 0) is 55.5 Å². The van der Waals surface area contributed by atoms with Crippen molar-refractivity contribution in [2.75, 3.05) is 17.2 Å². The summed E-state index contributed by atoms with van der Waals surface area (Å²) in [6.07, 6.45) is 3.44. The first-order chi connectivity index (χ1) is 9.74. The third-order valence-electron chi connectivity index (χ3n) is 4.16. The molecule has 2 aromatic carbocycles. The number of nitrogens with two attached hydrogens (primary N) is 1. The van der Waals surface area contributed by atoms with E-state index in [0.29, 0.717) is 6.04 Å². The van der Waals surface area contributed by atoms with Crippen molar-refractivity contribution in [1.82, 2.24) is 0 Å². The molecule has 2 nitrogen and oxygen atoms in total. The molecule has 1 unspecified atom stereocenters. The molecule has 0 saturated heterocycles. The molecule has 2 heteroatoms. The summed E-state index contributed by atoms with van der Waals surface area (Å²) in [4.78, 5) is 2.54. The molecule has 2 N–H and O–H groups in total.